The molecular weight excluding hydrogens is 266 g/mol. The van der Waals surface area contributed by atoms with Gasteiger partial charge in [-0.3, -0.25) is 5.41 Å². The Balaban J connectivity index is 1.72. The van der Waals surface area contributed by atoms with Crippen LogP contribution >= 0.6 is 0 Å². The van der Waals surface area contributed by atoms with Crippen molar-refractivity contribution in [1.29, 1.82) is 5.41 Å². The molecule has 1 aliphatic rings. The molecule has 1 saturated carbocycles. The molecule has 0 aliphatic heterocycles. The highest BCUT2D eigenvalue weighted by Gasteiger charge is 2.31. The van der Waals surface area contributed by atoms with E-state index in [2.05, 4.69) is 4.90 Å². The lowest BCUT2D eigenvalue weighted by molar-refractivity contribution is 0.0139. The Kier molecular flexibility index (Phi) is 5.20. The number of nitrogens with zero attached hydrogens (tertiary/aromatic N) is 1. The molecule has 116 valence electrons. The summed E-state index contributed by atoms with van der Waals surface area (Å²) in [6.07, 6.45) is 4.07. The average Bonchev–Trinajstić information content (AvgIpc) is 2.85. The molecule has 1 aromatic carbocycles. The van der Waals surface area contributed by atoms with Gasteiger partial charge in [-0.2, -0.15) is 0 Å². The number of aliphatic hydroxyl groups is 1. The summed E-state index contributed by atoms with van der Waals surface area (Å²) in [7, 11) is 2.01. The molecule has 4 N–H and O–H groups in total. The SMILES string of the molecule is CN(CCOc1ccc(C(=N)N)cc1)CC1(O)CCCC1. The molecule has 1 aliphatic carbocycles. The van der Waals surface area contributed by atoms with Gasteiger partial charge in [0, 0.05) is 18.7 Å². The van der Waals surface area contributed by atoms with Crippen LogP contribution in [0.15, 0.2) is 24.3 Å². The minimum atomic E-state index is -0.502. The maximum absolute atomic E-state index is 10.3. The summed E-state index contributed by atoms with van der Waals surface area (Å²) in [5.41, 5.74) is 5.60. The molecule has 0 aromatic heterocycles. The molecular formula is C16H25N3O2. The lowest BCUT2D eigenvalue weighted by Gasteiger charge is -2.28. The van der Waals surface area contributed by atoms with E-state index < -0.39 is 5.60 Å². The molecule has 1 aromatic rings. The number of hydrogen-bond acceptors (Lipinski definition) is 4. The van der Waals surface area contributed by atoms with E-state index in [0.29, 0.717) is 18.7 Å². The zero-order valence-electron chi connectivity index (χ0n) is 12.6. The van der Waals surface area contributed by atoms with Crippen LogP contribution in [-0.4, -0.2) is 48.2 Å². The second kappa shape index (κ2) is 6.91. The number of amidine groups is 1. The van der Waals surface area contributed by atoms with Crippen LogP contribution in [0.4, 0.5) is 0 Å². The van der Waals surface area contributed by atoms with Crippen molar-refractivity contribution in [3.63, 3.8) is 0 Å². The second-order valence-corrected chi connectivity index (χ2v) is 5.96. The van der Waals surface area contributed by atoms with Crippen molar-refractivity contribution < 1.29 is 9.84 Å². The van der Waals surface area contributed by atoms with Gasteiger partial charge in [-0.25, -0.2) is 0 Å². The second-order valence-electron chi connectivity index (χ2n) is 5.96. The van der Waals surface area contributed by atoms with Crippen molar-refractivity contribution in [2.75, 3.05) is 26.7 Å². The van der Waals surface area contributed by atoms with Crippen molar-refractivity contribution in [3.05, 3.63) is 29.8 Å². The maximum Gasteiger partial charge on any atom is 0.122 e. The highest BCUT2D eigenvalue weighted by atomic mass is 16.5. The maximum atomic E-state index is 10.3. The van der Waals surface area contributed by atoms with Gasteiger partial charge in [0.05, 0.1) is 5.60 Å². The van der Waals surface area contributed by atoms with Gasteiger partial charge < -0.3 is 20.5 Å². The molecule has 5 nitrogen and oxygen atoms in total. The third-order valence-electron chi connectivity index (χ3n) is 4.01. The zero-order valence-corrected chi connectivity index (χ0v) is 12.6. The summed E-state index contributed by atoms with van der Waals surface area (Å²) >= 11 is 0. The first-order valence-corrected chi connectivity index (χ1v) is 7.47. The third-order valence-corrected chi connectivity index (χ3v) is 4.01. The van der Waals surface area contributed by atoms with Crippen molar-refractivity contribution in [1.82, 2.24) is 4.90 Å². The van der Waals surface area contributed by atoms with Gasteiger partial charge in [0.25, 0.3) is 0 Å². The number of nitrogen functional groups attached to an aromatic ring is 1. The van der Waals surface area contributed by atoms with E-state index in [1.807, 2.05) is 19.2 Å². The Morgan fingerprint density at radius 1 is 1.33 bits per heavy atom. The molecule has 5 heteroatoms. The quantitative estimate of drug-likeness (QED) is 0.526. The van der Waals surface area contributed by atoms with Crippen LogP contribution in [0.3, 0.4) is 0 Å². The van der Waals surface area contributed by atoms with Crippen LogP contribution in [0.2, 0.25) is 0 Å². The molecule has 0 spiro atoms. The van der Waals surface area contributed by atoms with E-state index >= 15 is 0 Å². The minimum Gasteiger partial charge on any atom is -0.492 e. The van der Waals surface area contributed by atoms with Crippen LogP contribution < -0.4 is 10.5 Å². The van der Waals surface area contributed by atoms with E-state index in [0.717, 1.165) is 38.0 Å². The van der Waals surface area contributed by atoms with Crippen LogP contribution in [0.25, 0.3) is 0 Å². The van der Waals surface area contributed by atoms with Crippen molar-refractivity contribution >= 4 is 5.84 Å². The third kappa shape index (κ3) is 4.72. The Morgan fingerprint density at radius 3 is 2.52 bits per heavy atom. The fraction of sp³-hybridized carbons (Fsp3) is 0.562. The smallest absolute Gasteiger partial charge is 0.122 e. The van der Waals surface area contributed by atoms with Crippen molar-refractivity contribution in [2.45, 2.75) is 31.3 Å². The monoisotopic (exact) mass is 291 g/mol. The van der Waals surface area contributed by atoms with Gasteiger partial charge in [0.2, 0.25) is 0 Å². The van der Waals surface area contributed by atoms with E-state index in [1.54, 1.807) is 12.1 Å². The number of hydrogen-bond donors (Lipinski definition) is 3. The number of rotatable bonds is 7. The first-order chi connectivity index (χ1) is 9.98. The number of ether oxygens (including phenoxy) is 1. The normalized spacial score (nSPS) is 17.1. The lowest BCUT2D eigenvalue weighted by atomic mass is 10.0. The van der Waals surface area contributed by atoms with Crippen molar-refractivity contribution in [3.8, 4) is 5.75 Å². The molecule has 0 saturated heterocycles. The molecule has 1 fully saturated rings. The summed E-state index contributed by atoms with van der Waals surface area (Å²) in [4.78, 5) is 2.12. The van der Waals surface area contributed by atoms with Crippen LogP contribution in [0.5, 0.6) is 5.75 Å². The van der Waals surface area contributed by atoms with Gasteiger partial charge >= 0.3 is 0 Å². The molecule has 0 bridgehead atoms. The predicted molar refractivity (Wildman–Crippen MR) is 83.9 cm³/mol. The predicted octanol–water partition coefficient (Wildman–Crippen LogP) is 1.59. The number of likely N-dealkylation sites (N-methyl/N-ethyl adjacent to an activating group) is 1. The van der Waals surface area contributed by atoms with Gasteiger partial charge in [-0.15, -0.1) is 0 Å². The van der Waals surface area contributed by atoms with Gasteiger partial charge in [-0.1, -0.05) is 12.8 Å². The van der Waals surface area contributed by atoms with Crippen LogP contribution in [0, 0.1) is 5.41 Å². The summed E-state index contributed by atoms with van der Waals surface area (Å²) in [6, 6.07) is 7.20. The summed E-state index contributed by atoms with van der Waals surface area (Å²) in [5, 5.41) is 17.7. The zero-order chi connectivity index (χ0) is 15.3. The molecule has 2 rings (SSSR count). The van der Waals surface area contributed by atoms with E-state index in [9.17, 15) is 5.11 Å². The largest absolute Gasteiger partial charge is 0.492 e. The van der Waals surface area contributed by atoms with Crippen molar-refractivity contribution in [2.24, 2.45) is 5.73 Å². The number of nitrogens with two attached hydrogens (primary N) is 1. The standard InChI is InChI=1S/C16H25N3O2/c1-19(12-16(20)8-2-3-9-16)10-11-21-14-6-4-13(5-7-14)15(17)18/h4-7,20H,2-3,8-12H2,1H3,(H3,17,18). The fourth-order valence-corrected chi connectivity index (χ4v) is 2.82. The molecule has 0 unspecified atom stereocenters. The Morgan fingerprint density at radius 2 is 1.95 bits per heavy atom. The highest BCUT2D eigenvalue weighted by Crippen LogP contribution is 2.29. The molecule has 0 atom stereocenters. The van der Waals surface area contributed by atoms with Gasteiger partial charge in [0.15, 0.2) is 0 Å². The Labute approximate surface area is 126 Å². The highest BCUT2D eigenvalue weighted by molar-refractivity contribution is 5.94. The molecule has 0 heterocycles. The molecule has 0 amide bonds. The fourth-order valence-electron chi connectivity index (χ4n) is 2.82. The Bertz CT molecular complexity index is 467. The van der Waals surface area contributed by atoms with Crippen LogP contribution in [-0.2, 0) is 0 Å². The summed E-state index contributed by atoms with van der Waals surface area (Å²) in [5.74, 6) is 0.832. The van der Waals surface area contributed by atoms with Gasteiger partial charge in [0.1, 0.15) is 18.2 Å². The first kappa shape index (κ1) is 15.8. The topological polar surface area (TPSA) is 82.6 Å². The summed E-state index contributed by atoms with van der Waals surface area (Å²) in [6.45, 7) is 2.06. The lowest BCUT2D eigenvalue weighted by Crippen LogP contribution is -2.40. The van der Waals surface area contributed by atoms with E-state index in [4.69, 9.17) is 15.9 Å². The molecule has 0 radical (unpaired) electrons. The number of benzene rings is 1. The molecule has 21 heavy (non-hydrogen) atoms. The van der Waals surface area contributed by atoms with Crippen LogP contribution in [0.1, 0.15) is 31.2 Å². The Hall–Kier alpha value is -1.59. The van der Waals surface area contributed by atoms with Gasteiger partial charge in [-0.05, 0) is 44.2 Å². The first-order valence-electron chi connectivity index (χ1n) is 7.47. The average molecular weight is 291 g/mol. The number of nitrogens with one attached hydrogen (secondary N) is 1. The van der Waals surface area contributed by atoms with E-state index in [-0.39, 0.29) is 5.84 Å². The minimum absolute atomic E-state index is 0.0612. The summed E-state index contributed by atoms with van der Waals surface area (Å²) < 4.78 is 5.67. The van der Waals surface area contributed by atoms with E-state index in [1.165, 1.54) is 0 Å².